The minimum absolute atomic E-state index is 0.154. The SMILES string of the molecule is NC(=O)CNCCC(O)c1ccccc1. The van der Waals surface area contributed by atoms with E-state index in [0.29, 0.717) is 13.0 Å². The summed E-state index contributed by atoms with van der Waals surface area (Å²) < 4.78 is 0. The number of rotatable bonds is 6. The maximum Gasteiger partial charge on any atom is 0.231 e. The number of hydrogen-bond acceptors (Lipinski definition) is 3. The Labute approximate surface area is 89.1 Å². The van der Waals surface area contributed by atoms with E-state index < -0.39 is 6.10 Å². The van der Waals surface area contributed by atoms with E-state index in [1.54, 1.807) is 0 Å². The van der Waals surface area contributed by atoms with Crippen LogP contribution in [0.2, 0.25) is 0 Å². The van der Waals surface area contributed by atoms with Gasteiger partial charge in [0.05, 0.1) is 12.6 Å². The standard InChI is InChI=1S/C11H16N2O2/c12-11(15)8-13-7-6-10(14)9-4-2-1-3-5-9/h1-5,10,13-14H,6-8H2,(H2,12,15). The summed E-state index contributed by atoms with van der Waals surface area (Å²) in [5, 5.41) is 12.6. The molecule has 15 heavy (non-hydrogen) atoms. The Morgan fingerprint density at radius 1 is 1.40 bits per heavy atom. The average molecular weight is 208 g/mol. The second kappa shape index (κ2) is 6.16. The van der Waals surface area contributed by atoms with Gasteiger partial charge in [-0.1, -0.05) is 30.3 Å². The highest BCUT2D eigenvalue weighted by Crippen LogP contribution is 2.14. The summed E-state index contributed by atoms with van der Waals surface area (Å²) >= 11 is 0. The average Bonchev–Trinajstić information content (AvgIpc) is 2.25. The molecule has 1 rings (SSSR count). The first-order valence-electron chi connectivity index (χ1n) is 4.92. The molecule has 0 aromatic heterocycles. The lowest BCUT2D eigenvalue weighted by Crippen LogP contribution is -2.29. The molecule has 4 heteroatoms. The van der Waals surface area contributed by atoms with Crippen molar-refractivity contribution in [2.24, 2.45) is 5.73 Å². The zero-order valence-corrected chi connectivity index (χ0v) is 8.52. The van der Waals surface area contributed by atoms with Crippen LogP contribution >= 0.6 is 0 Å². The zero-order chi connectivity index (χ0) is 11.1. The topological polar surface area (TPSA) is 75.4 Å². The number of nitrogens with two attached hydrogens (primary N) is 1. The molecule has 1 atom stereocenters. The smallest absolute Gasteiger partial charge is 0.231 e. The number of hydrogen-bond donors (Lipinski definition) is 3. The molecule has 1 amide bonds. The zero-order valence-electron chi connectivity index (χ0n) is 8.52. The number of aliphatic hydroxyl groups excluding tert-OH is 1. The summed E-state index contributed by atoms with van der Waals surface area (Å²) in [4.78, 5) is 10.4. The van der Waals surface area contributed by atoms with Crippen LogP contribution in [0.25, 0.3) is 0 Å². The van der Waals surface area contributed by atoms with Gasteiger partial charge in [-0.05, 0) is 18.5 Å². The highest BCUT2D eigenvalue weighted by molar-refractivity contribution is 5.75. The van der Waals surface area contributed by atoms with Crippen LogP contribution in [0.15, 0.2) is 30.3 Å². The molecule has 0 saturated heterocycles. The van der Waals surface area contributed by atoms with Crippen molar-refractivity contribution in [1.29, 1.82) is 0 Å². The van der Waals surface area contributed by atoms with Gasteiger partial charge in [-0.25, -0.2) is 0 Å². The molecule has 0 fully saturated rings. The second-order valence-corrected chi connectivity index (χ2v) is 3.36. The van der Waals surface area contributed by atoms with E-state index in [4.69, 9.17) is 5.73 Å². The molecule has 0 aliphatic rings. The minimum atomic E-state index is -0.494. The summed E-state index contributed by atoms with van der Waals surface area (Å²) in [6.45, 7) is 0.723. The first kappa shape index (κ1) is 11.7. The molecule has 82 valence electrons. The highest BCUT2D eigenvalue weighted by atomic mass is 16.3. The van der Waals surface area contributed by atoms with Crippen LogP contribution in [-0.2, 0) is 4.79 Å². The lowest BCUT2D eigenvalue weighted by Gasteiger charge is -2.10. The monoisotopic (exact) mass is 208 g/mol. The van der Waals surface area contributed by atoms with Crippen LogP contribution in [0.3, 0.4) is 0 Å². The highest BCUT2D eigenvalue weighted by Gasteiger charge is 2.05. The van der Waals surface area contributed by atoms with Crippen molar-refractivity contribution in [2.45, 2.75) is 12.5 Å². The summed E-state index contributed by atoms with van der Waals surface area (Å²) in [6, 6.07) is 9.42. The van der Waals surface area contributed by atoms with Gasteiger partial charge in [-0.3, -0.25) is 4.79 Å². The Balaban J connectivity index is 2.25. The quantitative estimate of drug-likeness (QED) is 0.584. The van der Waals surface area contributed by atoms with Gasteiger partial charge in [0.15, 0.2) is 0 Å². The van der Waals surface area contributed by atoms with Gasteiger partial charge >= 0.3 is 0 Å². The van der Waals surface area contributed by atoms with Gasteiger partial charge in [0.2, 0.25) is 5.91 Å². The molecule has 1 aromatic rings. The third kappa shape index (κ3) is 4.58. The van der Waals surface area contributed by atoms with Crippen molar-refractivity contribution in [3.05, 3.63) is 35.9 Å². The van der Waals surface area contributed by atoms with E-state index in [0.717, 1.165) is 5.56 Å². The molecular weight excluding hydrogens is 192 g/mol. The Morgan fingerprint density at radius 2 is 2.07 bits per heavy atom. The van der Waals surface area contributed by atoms with Crippen molar-refractivity contribution < 1.29 is 9.90 Å². The first-order chi connectivity index (χ1) is 7.20. The number of carbonyl (C=O) groups excluding carboxylic acids is 1. The van der Waals surface area contributed by atoms with Gasteiger partial charge in [-0.15, -0.1) is 0 Å². The Morgan fingerprint density at radius 3 is 2.67 bits per heavy atom. The molecule has 0 aliphatic carbocycles. The number of carbonyl (C=O) groups is 1. The fourth-order valence-corrected chi connectivity index (χ4v) is 1.29. The van der Waals surface area contributed by atoms with Crippen molar-refractivity contribution in [3.8, 4) is 0 Å². The van der Waals surface area contributed by atoms with Crippen LogP contribution in [0.4, 0.5) is 0 Å². The lowest BCUT2D eigenvalue weighted by atomic mass is 10.1. The molecular formula is C11H16N2O2. The molecule has 4 N–H and O–H groups in total. The Hall–Kier alpha value is -1.39. The van der Waals surface area contributed by atoms with Gasteiger partial charge < -0.3 is 16.2 Å². The maximum atomic E-state index is 10.4. The first-order valence-corrected chi connectivity index (χ1v) is 4.92. The molecule has 4 nitrogen and oxygen atoms in total. The van der Waals surface area contributed by atoms with Gasteiger partial charge in [0.25, 0.3) is 0 Å². The van der Waals surface area contributed by atoms with Crippen LogP contribution in [0, 0.1) is 0 Å². The summed E-state index contributed by atoms with van der Waals surface area (Å²) in [6.07, 6.45) is 0.0728. The number of amides is 1. The number of primary amides is 1. The van der Waals surface area contributed by atoms with Crippen LogP contribution in [0.1, 0.15) is 18.1 Å². The lowest BCUT2D eigenvalue weighted by molar-refractivity contribution is -0.117. The molecule has 1 aromatic carbocycles. The maximum absolute atomic E-state index is 10.4. The van der Waals surface area contributed by atoms with Gasteiger partial charge in [0, 0.05) is 0 Å². The summed E-state index contributed by atoms with van der Waals surface area (Å²) in [5.41, 5.74) is 5.84. The largest absolute Gasteiger partial charge is 0.388 e. The van der Waals surface area contributed by atoms with Crippen molar-refractivity contribution in [3.63, 3.8) is 0 Å². The Kier molecular flexibility index (Phi) is 4.80. The van der Waals surface area contributed by atoms with E-state index in [2.05, 4.69) is 5.32 Å². The number of nitrogens with one attached hydrogen (secondary N) is 1. The normalized spacial score (nSPS) is 12.3. The van der Waals surface area contributed by atoms with Crippen LogP contribution in [-0.4, -0.2) is 24.1 Å². The van der Waals surface area contributed by atoms with E-state index in [9.17, 15) is 9.90 Å². The predicted molar refractivity (Wildman–Crippen MR) is 58.1 cm³/mol. The van der Waals surface area contributed by atoms with Crippen molar-refractivity contribution in [2.75, 3.05) is 13.1 Å². The minimum Gasteiger partial charge on any atom is -0.388 e. The van der Waals surface area contributed by atoms with Gasteiger partial charge in [0.1, 0.15) is 0 Å². The van der Waals surface area contributed by atoms with E-state index in [1.165, 1.54) is 0 Å². The van der Waals surface area contributed by atoms with E-state index >= 15 is 0 Å². The van der Waals surface area contributed by atoms with Crippen LogP contribution < -0.4 is 11.1 Å². The third-order valence-corrected chi connectivity index (χ3v) is 2.08. The molecule has 0 heterocycles. The molecule has 0 saturated carbocycles. The molecule has 0 radical (unpaired) electrons. The molecule has 0 bridgehead atoms. The summed E-state index contributed by atoms with van der Waals surface area (Å²) in [5.74, 6) is -0.385. The Bertz CT molecular complexity index is 301. The fraction of sp³-hybridized carbons (Fsp3) is 0.364. The summed E-state index contributed by atoms with van der Waals surface area (Å²) in [7, 11) is 0. The number of aliphatic hydroxyl groups is 1. The van der Waals surface area contributed by atoms with Crippen molar-refractivity contribution >= 4 is 5.91 Å². The number of benzene rings is 1. The second-order valence-electron chi connectivity index (χ2n) is 3.36. The molecule has 0 spiro atoms. The molecule has 0 aliphatic heterocycles. The van der Waals surface area contributed by atoms with Gasteiger partial charge in [-0.2, -0.15) is 0 Å². The fourth-order valence-electron chi connectivity index (χ4n) is 1.29. The van der Waals surface area contributed by atoms with E-state index in [1.807, 2.05) is 30.3 Å². The van der Waals surface area contributed by atoms with Crippen LogP contribution in [0.5, 0.6) is 0 Å². The predicted octanol–water partition coefficient (Wildman–Crippen LogP) is 0.185. The third-order valence-electron chi connectivity index (χ3n) is 2.08. The van der Waals surface area contributed by atoms with E-state index in [-0.39, 0.29) is 12.5 Å². The van der Waals surface area contributed by atoms with Crippen molar-refractivity contribution in [1.82, 2.24) is 5.32 Å². The molecule has 1 unspecified atom stereocenters.